The summed E-state index contributed by atoms with van der Waals surface area (Å²) in [4.78, 5) is 18.0. The third-order valence-corrected chi connectivity index (χ3v) is 3.24. The first-order valence-corrected chi connectivity index (χ1v) is 6.43. The van der Waals surface area contributed by atoms with E-state index in [2.05, 4.69) is 15.2 Å². The van der Waals surface area contributed by atoms with Gasteiger partial charge in [-0.3, -0.25) is 4.79 Å². The van der Waals surface area contributed by atoms with Crippen molar-refractivity contribution in [2.24, 2.45) is 0 Å². The Hall–Kier alpha value is -1.37. The number of hydrogen-bond acceptors (Lipinski definition) is 5. The Morgan fingerprint density at radius 2 is 2.53 bits per heavy atom. The number of carbonyl (C=O) groups excluding carboxylic acids is 1. The maximum atomic E-state index is 12.0. The Balaban J connectivity index is 1.92. The van der Waals surface area contributed by atoms with Crippen LogP contribution in [-0.2, 0) is 4.74 Å². The Labute approximate surface area is 116 Å². The number of halogens is 1. The zero-order valence-corrected chi connectivity index (χ0v) is 11.5. The van der Waals surface area contributed by atoms with Crippen molar-refractivity contribution in [3.63, 3.8) is 0 Å². The molecule has 1 aliphatic heterocycles. The first-order chi connectivity index (χ1) is 9.06. The van der Waals surface area contributed by atoms with Crippen molar-refractivity contribution in [2.75, 3.05) is 39.0 Å². The molecule has 1 aliphatic rings. The second-order valence-electron chi connectivity index (χ2n) is 4.57. The molecule has 6 nitrogen and oxygen atoms in total. The molecule has 2 rings (SSSR count). The fourth-order valence-corrected chi connectivity index (χ4v) is 2.10. The van der Waals surface area contributed by atoms with Crippen molar-refractivity contribution in [2.45, 2.75) is 6.10 Å². The summed E-state index contributed by atoms with van der Waals surface area (Å²) in [5.41, 5.74) is 6.28. The molecule has 2 heterocycles. The number of ether oxygens (including phenoxy) is 1. The highest BCUT2D eigenvalue weighted by Crippen LogP contribution is 2.15. The number of nitrogens with two attached hydrogens (primary N) is 1. The number of hydrogen-bond donors (Lipinski definition) is 2. The summed E-state index contributed by atoms with van der Waals surface area (Å²) in [5, 5.41) is 2.93. The summed E-state index contributed by atoms with van der Waals surface area (Å²) in [6.07, 6.45) is 1.41. The molecule has 1 saturated heterocycles. The first-order valence-electron chi connectivity index (χ1n) is 6.05. The number of carbonyl (C=O) groups is 1. The lowest BCUT2D eigenvalue weighted by molar-refractivity contribution is -0.0175. The van der Waals surface area contributed by atoms with Crippen molar-refractivity contribution in [3.8, 4) is 0 Å². The predicted octanol–water partition coefficient (Wildman–Crippen LogP) is 0.378. The highest BCUT2D eigenvalue weighted by atomic mass is 35.5. The number of nitrogen functional groups attached to an aromatic ring is 1. The second kappa shape index (κ2) is 6.18. The minimum Gasteiger partial charge on any atom is -0.397 e. The van der Waals surface area contributed by atoms with Gasteiger partial charge in [0.25, 0.3) is 5.91 Å². The van der Waals surface area contributed by atoms with Crippen LogP contribution in [0.1, 0.15) is 10.4 Å². The molecule has 1 amide bonds. The molecular weight excluding hydrogens is 268 g/mol. The topological polar surface area (TPSA) is 80.5 Å². The van der Waals surface area contributed by atoms with Gasteiger partial charge >= 0.3 is 0 Å². The van der Waals surface area contributed by atoms with E-state index in [0.717, 1.165) is 13.1 Å². The number of rotatable bonds is 3. The van der Waals surface area contributed by atoms with Crippen LogP contribution in [0.4, 0.5) is 5.69 Å². The van der Waals surface area contributed by atoms with E-state index in [1.807, 2.05) is 7.05 Å². The highest BCUT2D eigenvalue weighted by molar-refractivity contribution is 6.32. The van der Waals surface area contributed by atoms with E-state index in [0.29, 0.717) is 18.8 Å². The molecule has 1 aromatic rings. The fraction of sp³-hybridized carbons (Fsp3) is 0.500. The Morgan fingerprint density at radius 3 is 3.26 bits per heavy atom. The maximum Gasteiger partial charge on any atom is 0.254 e. The number of aromatic nitrogens is 1. The molecule has 0 spiro atoms. The van der Waals surface area contributed by atoms with E-state index in [1.165, 1.54) is 12.3 Å². The van der Waals surface area contributed by atoms with Gasteiger partial charge in [0, 0.05) is 19.6 Å². The van der Waals surface area contributed by atoms with Gasteiger partial charge < -0.3 is 20.7 Å². The van der Waals surface area contributed by atoms with Crippen LogP contribution in [-0.4, -0.2) is 55.2 Å². The molecule has 0 radical (unpaired) electrons. The van der Waals surface area contributed by atoms with Crippen molar-refractivity contribution in [3.05, 3.63) is 23.0 Å². The minimum atomic E-state index is -0.290. The van der Waals surface area contributed by atoms with E-state index in [4.69, 9.17) is 22.1 Å². The van der Waals surface area contributed by atoms with Crippen LogP contribution in [0.5, 0.6) is 0 Å². The van der Waals surface area contributed by atoms with Gasteiger partial charge in [0.15, 0.2) is 0 Å². The number of nitrogens with one attached hydrogen (secondary N) is 1. The molecule has 104 valence electrons. The number of morpholine rings is 1. The average molecular weight is 285 g/mol. The maximum absolute atomic E-state index is 12.0. The van der Waals surface area contributed by atoms with Crippen LogP contribution >= 0.6 is 11.6 Å². The van der Waals surface area contributed by atoms with Gasteiger partial charge in [-0.2, -0.15) is 0 Å². The van der Waals surface area contributed by atoms with Crippen molar-refractivity contribution >= 4 is 23.2 Å². The van der Waals surface area contributed by atoms with E-state index in [-0.39, 0.29) is 22.7 Å². The lowest BCUT2D eigenvalue weighted by Crippen LogP contribution is -2.46. The largest absolute Gasteiger partial charge is 0.397 e. The van der Waals surface area contributed by atoms with Gasteiger partial charge in [0.2, 0.25) is 0 Å². The highest BCUT2D eigenvalue weighted by Gasteiger charge is 2.19. The number of pyridine rings is 1. The lowest BCUT2D eigenvalue weighted by atomic mass is 10.2. The minimum absolute atomic E-state index is 0.00417. The summed E-state index contributed by atoms with van der Waals surface area (Å²) in [7, 11) is 2.02. The summed E-state index contributed by atoms with van der Waals surface area (Å²) in [6.45, 7) is 2.82. The van der Waals surface area contributed by atoms with Crippen LogP contribution in [0.2, 0.25) is 5.15 Å². The molecule has 0 aliphatic carbocycles. The smallest absolute Gasteiger partial charge is 0.254 e. The fourth-order valence-electron chi connectivity index (χ4n) is 1.92. The summed E-state index contributed by atoms with van der Waals surface area (Å²) >= 11 is 5.87. The summed E-state index contributed by atoms with van der Waals surface area (Å²) in [5.74, 6) is -0.290. The normalized spacial score (nSPS) is 20.2. The number of anilines is 1. The molecule has 1 aromatic heterocycles. The van der Waals surface area contributed by atoms with Gasteiger partial charge in [0.1, 0.15) is 5.15 Å². The Morgan fingerprint density at radius 1 is 1.74 bits per heavy atom. The molecule has 3 N–H and O–H groups in total. The van der Waals surface area contributed by atoms with Crippen LogP contribution in [0, 0.1) is 0 Å². The van der Waals surface area contributed by atoms with Gasteiger partial charge in [-0.25, -0.2) is 4.98 Å². The standard InChI is InChI=1S/C12H17ClN4O2/c1-17-2-3-19-9(7-17)6-16-12(18)10-4-8(14)5-15-11(10)13/h4-5,9H,2-3,6-7,14H2,1H3,(H,16,18). The molecule has 7 heteroatoms. The molecular formula is C12H17ClN4O2. The molecule has 1 atom stereocenters. The Bertz CT molecular complexity index is 469. The Kier molecular flexibility index (Phi) is 4.57. The van der Waals surface area contributed by atoms with Gasteiger partial charge in [-0.05, 0) is 13.1 Å². The second-order valence-corrected chi connectivity index (χ2v) is 4.93. The van der Waals surface area contributed by atoms with Crippen LogP contribution in [0.25, 0.3) is 0 Å². The monoisotopic (exact) mass is 284 g/mol. The number of likely N-dealkylation sites (N-methyl/N-ethyl adjacent to an activating group) is 1. The van der Waals surface area contributed by atoms with E-state index in [1.54, 1.807) is 0 Å². The lowest BCUT2D eigenvalue weighted by Gasteiger charge is -2.30. The van der Waals surface area contributed by atoms with Crippen molar-refractivity contribution in [1.29, 1.82) is 0 Å². The van der Waals surface area contributed by atoms with Crippen LogP contribution in [0.3, 0.4) is 0 Å². The van der Waals surface area contributed by atoms with E-state index in [9.17, 15) is 4.79 Å². The molecule has 0 bridgehead atoms. The third-order valence-electron chi connectivity index (χ3n) is 2.94. The summed E-state index contributed by atoms with van der Waals surface area (Å²) < 4.78 is 5.56. The number of nitrogens with zero attached hydrogens (tertiary/aromatic N) is 2. The SMILES string of the molecule is CN1CCOC(CNC(=O)c2cc(N)cnc2Cl)C1. The van der Waals surface area contributed by atoms with Gasteiger partial charge in [-0.15, -0.1) is 0 Å². The van der Waals surface area contributed by atoms with Crippen LogP contribution in [0.15, 0.2) is 12.3 Å². The first kappa shape index (κ1) is 14.0. The number of amides is 1. The van der Waals surface area contributed by atoms with E-state index >= 15 is 0 Å². The molecule has 0 saturated carbocycles. The zero-order valence-electron chi connectivity index (χ0n) is 10.7. The zero-order chi connectivity index (χ0) is 13.8. The average Bonchev–Trinajstić information content (AvgIpc) is 2.39. The quantitative estimate of drug-likeness (QED) is 0.784. The molecule has 1 unspecified atom stereocenters. The van der Waals surface area contributed by atoms with E-state index < -0.39 is 0 Å². The van der Waals surface area contributed by atoms with Crippen molar-refractivity contribution in [1.82, 2.24) is 15.2 Å². The van der Waals surface area contributed by atoms with Gasteiger partial charge in [0.05, 0.1) is 30.2 Å². The van der Waals surface area contributed by atoms with Crippen molar-refractivity contribution < 1.29 is 9.53 Å². The molecule has 19 heavy (non-hydrogen) atoms. The van der Waals surface area contributed by atoms with Crippen LogP contribution < -0.4 is 11.1 Å². The van der Waals surface area contributed by atoms with Gasteiger partial charge in [-0.1, -0.05) is 11.6 Å². The molecule has 1 fully saturated rings. The molecule has 0 aromatic carbocycles. The predicted molar refractivity (Wildman–Crippen MR) is 73.2 cm³/mol. The third kappa shape index (κ3) is 3.79. The summed E-state index contributed by atoms with van der Waals surface area (Å²) in [6, 6.07) is 1.51.